The summed E-state index contributed by atoms with van der Waals surface area (Å²) < 4.78 is 13.6. The van der Waals surface area contributed by atoms with Gasteiger partial charge < -0.3 is 25.2 Å². The monoisotopic (exact) mass is 713 g/mol. The predicted octanol–water partition coefficient (Wildman–Crippen LogP) is 9.10. The molecule has 5 atom stereocenters. The molecule has 0 aromatic heterocycles. The zero-order valence-electron chi connectivity index (χ0n) is 31.4. The number of likely N-dealkylation sites (N-methyl/N-ethyl adjacent to an activating group) is 1. The molecular formula is C46H55N3O4. The molecule has 53 heavy (non-hydrogen) atoms. The van der Waals surface area contributed by atoms with Crippen LogP contribution in [0.25, 0.3) is 11.1 Å². The van der Waals surface area contributed by atoms with Crippen LogP contribution in [0.4, 0.5) is 4.79 Å². The Morgan fingerprint density at radius 2 is 1.45 bits per heavy atom. The number of aliphatic hydroxyl groups is 1. The van der Waals surface area contributed by atoms with Crippen molar-refractivity contribution in [3.63, 3.8) is 0 Å². The number of rotatable bonds is 11. The molecule has 1 aliphatic heterocycles. The zero-order chi connectivity index (χ0) is 36.5. The van der Waals surface area contributed by atoms with Crippen LogP contribution in [-0.4, -0.2) is 41.3 Å². The van der Waals surface area contributed by atoms with E-state index in [0.29, 0.717) is 6.54 Å². The number of ether oxygens (including phenoxy) is 2. The molecular weight excluding hydrogens is 659 g/mol. The van der Waals surface area contributed by atoms with Gasteiger partial charge in [0.25, 0.3) is 0 Å². The van der Waals surface area contributed by atoms with E-state index in [1.807, 2.05) is 18.2 Å². The molecule has 0 radical (unpaired) electrons. The van der Waals surface area contributed by atoms with E-state index < -0.39 is 6.29 Å². The quantitative estimate of drug-likeness (QED) is 0.145. The fourth-order valence-electron chi connectivity index (χ4n) is 10.3. The van der Waals surface area contributed by atoms with Crippen molar-refractivity contribution in [2.75, 3.05) is 13.6 Å². The van der Waals surface area contributed by atoms with Gasteiger partial charge in [0.1, 0.15) is 0 Å². The maximum atomic E-state index is 13.3. The summed E-state index contributed by atoms with van der Waals surface area (Å²) in [6, 6.07) is 35.7. The molecule has 9 rings (SSSR count). The molecule has 4 bridgehead atoms. The molecule has 5 aliphatic rings. The van der Waals surface area contributed by atoms with Crippen molar-refractivity contribution in [1.82, 2.24) is 15.5 Å². The van der Waals surface area contributed by atoms with E-state index in [1.165, 1.54) is 24.8 Å². The Kier molecular flexibility index (Phi) is 10.4. The molecule has 0 spiro atoms. The van der Waals surface area contributed by atoms with Crippen molar-refractivity contribution in [2.45, 2.75) is 95.6 Å². The number of benzene rings is 4. The number of carbonyl (C=O) groups excluding carboxylic acids is 1. The highest BCUT2D eigenvalue weighted by Gasteiger charge is 2.51. The SMILES string of the molecule is CC1C(CN(C)C(C)c2ccccc2)OC(c2ccc(-c3ccccc3CNC(=O)NC34CC5CC(CC(C5)C3)C4)cc2)OC1c1ccc(CO)cc1. The van der Waals surface area contributed by atoms with Crippen LogP contribution in [0.15, 0.2) is 103 Å². The minimum absolute atomic E-state index is 0.00824. The zero-order valence-corrected chi connectivity index (χ0v) is 31.4. The van der Waals surface area contributed by atoms with E-state index in [0.717, 1.165) is 76.9 Å². The van der Waals surface area contributed by atoms with Gasteiger partial charge in [-0.3, -0.25) is 4.90 Å². The lowest BCUT2D eigenvalue weighted by Crippen LogP contribution is -2.61. The Morgan fingerprint density at radius 3 is 2.11 bits per heavy atom. The highest BCUT2D eigenvalue weighted by molar-refractivity contribution is 5.76. The molecule has 2 amide bonds. The number of hydrogen-bond donors (Lipinski definition) is 3. The number of carbonyl (C=O) groups is 1. The lowest BCUT2D eigenvalue weighted by molar-refractivity contribution is -0.276. The lowest BCUT2D eigenvalue weighted by atomic mass is 9.53. The summed E-state index contributed by atoms with van der Waals surface area (Å²) in [5, 5.41) is 16.3. The fraction of sp³-hybridized carbons (Fsp3) is 0.457. The van der Waals surface area contributed by atoms with Gasteiger partial charge in [-0.2, -0.15) is 0 Å². The first-order valence-corrected chi connectivity index (χ1v) is 19.8. The molecule has 7 heteroatoms. The van der Waals surface area contributed by atoms with Crippen LogP contribution in [-0.2, 0) is 22.6 Å². The summed E-state index contributed by atoms with van der Waals surface area (Å²) >= 11 is 0. The maximum Gasteiger partial charge on any atom is 0.315 e. The second-order valence-electron chi connectivity index (χ2n) is 16.6. The van der Waals surface area contributed by atoms with E-state index in [9.17, 15) is 9.90 Å². The summed E-state index contributed by atoms with van der Waals surface area (Å²) in [5.41, 5.74) is 7.46. The van der Waals surface area contributed by atoms with Crippen molar-refractivity contribution in [3.05, 3.63) is 131 Å². The number of nitrogens with zero attached hydrogens (tertiary/aromatic N) is 1. The predicted molar refractivity (Wildman–Crippen MR) is 209 cm³/mol. The molecule has 7 nitrogen and oxygen atoms in total. The molecule has 3 N–H and O–H groups in total. The van der Waals surface area contributed by atoms with E-state index in [4.69, 9.17) is 9.47 Å². The van der Waals surface area contributed by atoms with Crippen LogP contribution in [0.5, 0.6) is 0 Å². The highest BCUT2D eigenvalue weighted by atomic mass is 16.7. The Labute approximate surface area is 315 Å². The molecule has 5 fully saturated rings. The fourth-order valence-corrected chi connectivity index (χ4v) is 10.3. The van der Waals surface area contributed by atoms with Gasteiger partial charge >= 0.3 is 6.03 Å². The first kappa shape index (κ1) is 36.0. The molecule has 4 aliphatic carbocycles. The molecule has 4 aromatic rings. The van der Waals surface area contributed by atoms with Crippen LogP contribution in [0.3, 0.4) is 0 Å². The Hall–Kier alpha value is -4.01. The van der Waals surface area contributed by atoms with Crippen molar-refractivity contribution in [2.24, 2.45) is 23.7 Å². The number of hydrogen-bond acceptors (Lipinski definition) is 5. The van der Waals surface area contributed by atoms with Gasteiger partial charge in [-0.1, -0.05) is 110 Å². The molecule has 5 unspecified atom stereocenters. The van der Waals surface area contributed by atoms with Crippen molar-refractivity contribution in [1.29, 1.82) is 0 Å². The minimum Gasteiger partial charge on any atom is -0.392 e. The van der Waals surface area contributed by atoms with E-state index >= 15 is 0 Å². The highest BCUT2D eigenvalue weighted by Crippen LogP contribution is 2.55. The summed E-state index contributed by atoms with van der Waals surface area (Å²) in [7, 11) is 2.16. The van der Waals surface area contributed by atoms with Crippen LogP contribution < -0.4 is 10.6 Å². The molecule has 4 saturated carbocycles. The first-order valence-electron chi connectivity index (χ1n) is 19.8. The summed E-state index contributed by atoms with van der Waals surface area (Å²) in [6.45, 7) is 5.68. The Balaban J connectivity index is 0.971. The summed E-state index contributed by atoms with van der Waals surface area (Å²) in [5.74, 6) is 2.46. The van der Waals surface area contributed by atoms with E-state index in [-0.39, 0.29) is 42.3 Å². The largest absolute Gasteiger partial charge is 0.392 e. The third-order valence-corrected chi connectivity index (χ3v) is 12.9. The van der Waals surface area contributed by atoms with Gasteiger partial charge in [-0.05, 0) is 104 Å². The van der Waals surface area contributed by atoms with Gasteiger partial charge in [0.2, 0.25) is 0 Å². The van der Waals surface area contributed by atoms with Crippen molar-refractivity contribution >= 4 is 6.03 Å². The van der Waals surface area contributed by atoms with Crippen molar-refractivity contribution < 1.29 is 19.4 Å². The summed E-state index contributed by atoms with van der Waals surface area (Å²) in [4.78, 5) is 15.7. The topological polar surface area (TPSA) is 83.1 Å². The van der Waals surface area contributed by atoms with Crippen LogP contribution in [0.1, 0.15) is 98.6 Å². The lowest BCUT2D eigenvalue weighted by Gasteiger charge is -2.56. The second-order valence-corrected chi connectivity index (χ2v) is 16.6. The molecule has 1 saturated heterocycles. The Bertz CT molecular complexity index is 1810. The summed E-state index contributed by atoms with van der Waals surface area (Å²) in [6.07, 6.45) is 6.71. The molecule has 278 valence electrons. The average molecular weight is 714 g/mol. The van der Waals surface area contributed by atoms with Crippen LogP contribution in [0.2, 0.25) is 0 Å². The standard InChI is InChI=1S/C46H55N3O4/c1-30-42(28-49(3)31(2)36-9-5-4-6-10-36)52-44(53-43(30)38-15-13-32(29-50)14-16-38)39-19-17-37(18-20-39)41-12-8-7-11-40(41)27-47-45(51)48-46-24-33-21-34(25-46)23-35(22-33)26-46/h4-20,30-31,33-35,42-44,50H,21-29H2,1-3H3,(H2,47,48,51). The Morgan fingerprint density at radius 1 is 0.830 bits per heavy atom. The smallest absolute Gasteiger partial charge is 0.315 e. The number of urea groups is 1. The second kappa shape index (κ2) is 15.4. The van der Waals surface area contributed by atoms with Crippen LogP contribution in [0, 0.1) is 23.7 Å². The normalized spacial score (nSPS) is 29.6. The number of aliphatic hydroxyl groups excluding tert-OH is 1. The first-order chi connectivity index (χ1) is 25.8. The minimum atomic E-state index is -0.543. The van der Waals surface area contributed by atoms with Gasteiger partial charge in [-0.25, -0.2) is 4.79 Å². The number of amides is 2. The molecule has 1 heterocycles. The van der Waals surface area contributed by atoms with Crippen LogP contribution >= 0.6 is 0 Å². The van der Waals surface area contributed by atoms with Gasteiger partial charge in [0.05, 0.1) is 18.8 Å². The van der Waals surface area contributed by atoms with Gasteiger partial charge in [0, 0.05) is 36.2 Å². The molecule has 4 aromatic carbocycles. The maximum absolute atomic E-state index is 13.3. The third-order valence-electron chi connectivity index (χ3n) is 12.9. The van der Waals surface area contributed by atoms with Gasteiger partial charge in [0.15, 0.2) is 6.29 Å². The average Bonchev–Trinajstić information content (AvgIpc) is 3.17. The van der Waals surface area contributed by atoms with E-state index in [2.05, 4.69) is 121 Å². The third kappa shape index (κ3) is 7.81. The number of nitrogens with one attached hydrogen (secondary N) is 2. The van der Waals surface area contributed by atoms with Gasteiger partial charge in [-0.15, -0.1) is 0 Å². The van der Waals surface area contributed by atoms with Crippen molar-refractivity contribution in [3.8, 4) is 11.1 Å². The van der Waals surface area contributed by atoms with E-state index in [1.54, 1.807) is 0 Å².